The van der Waals surface area contributed by atoms with Crippen LogP contribution in [0.4, 0.5) is 4.39 Å². The summed E-state index contributed by atoms with van der Waals surface area (Å²) in [5, 5.41) is 0. The lowest BCUT2D eigenvalue weighted by Crippen LogP contribution is -2.39. The van der Waals surface area contributed by atoms with E-state index >= 15 is 0 Å². The van der Waals surface area contributed by atoms with Gasteiger partial charge in [0.05, 0.1) is 12.9 Å². The molecule has 0 fully saturated rings. The maximum absolute atomic E-state index is 13.0. The van der Waals surface area contributed by atoms with Crippen LogP contribution in [0.25, 0.3) is 0 Å². The number of benzene rings is 2. The van der Waals surface area contributed by atoms with Crippen molar-refractivity contribution < 1.29 is 17.5 Å². The molecule has 0 spiro atoms. The summed E-state index contributed by atoms with van der Waals surface area (Å²) in [4.78, 5) is 0. The molecule has 128 valence electrons. The van der Waals surface area contributed by atoms with Gasteiger partial charge in [0.2, 0.25) is 10.0 Å². The van der Waals surface area contributed by atoms with Gasteiger partial charge >= 0.3 is 0 Å². The van der Waals surface area contributed by atoms with Crippen LogP contribution in [0.5, 0.6) is 5.75 Å². The Hall–Kier alpha value is -1.92. The molecule has 1 aliphatic heterocycles. The summed E-state index contributed by atoms with van der Waals surface area (Å²) in [6.07, 6.45) is 0.652. The minimum absolute atomic E-state index is 0.122. The van der Waals surface area contributed by atoms with Crippen LogP contribution in [0.15, 0.2) is 42.5 Å². The molecule has 1 heterocycles. The van der Waals surface area contributed by atoms with E-state index in [-0.39, 0.29) is 17.6 Å². The van der Waals surface area contributed by atoms with E-state index in [1.165, 1.54) is 28.6 Å². The quantitative estimate of drug-likeness (QED) is 0.851. The first-order valence-electron chi connectivity index (χ1n) is 7.81. The molecule has 3 rings (SSSR count). The minimum Gasteiger partial charge on any atom is -0.497 e. The van der Waals surface area contributed by atoms with Crippen molar-refractivity contribution >= 4 is 10.0 Å². The molecule has 2 aromatic rings. The number of ether oxygens (including phenoxy) is 1. The molecular weight excluding hydrogens is 329 g/mol. The minimum atomic E-state index is -3.48. The van der Waals surface area contributed by atoms with Crippen LogP contribution in [0.3, 0.4) is 0 Å². The molecule has 0 N–H and O–H groups in total. The first-order chi connectivity index (χ1) is 11.4. The van der Waals surface area contributed by atoms with Crippen molar-refractivity contribution in [3.63, 3.8) is 0 Å². The van der Waals surface area contributed by atoms with Crippen LogP contribution in [-0.4, -0.2) is 26.4 Å². The van der Waals surface area contributed by atoms with Gasteiger partial charge in [0, 0.05) is 12.6 Å². The zero-order valence-corrected chi connectivity index (χ0v) is 14.5. The van der Waals surface area contributed by atoms with Crippen molar-refractivity contribution in [2.24, 2.45) is 0 Å². The lowest BCUT2D eigenvalue weighted by atomic mass is 9.95. The van der Waals surface area contributed by atoms with E-state index in [0.29, 0.717) is 18.5 Å². The molecular formula is C18H20FNO3S. The van der Waals surface area contributed by atoms with Crippen LogP contribution in [0, 0.1) is 5.82 Å². The highest BCUT2D eigenvalue weighted by Crippen LogP contribution is 2.34. The highest BCUT2D eigenvalue weighted by atomic mass is 32.2. The zero-order chi connectivity index (χ0) is 17.3. The monoisotopic (exact) mass is 349 g/mol. The Morgan fingerprint density at radius 1 is 1.21 bits per heavy atom. The fraction of sp³-hybridized carbons (Fsp3) is 0.333. The molecule has 0 saturated carbocycles. The molecule has 0 saturated heterocycles. The van der Waals surface area contributed by atoms with E-state index in [2.05, 4.69) is 0 Å². The molecule has 4 nitrogen and oxygen atoms in total. The third-order valence-corrected chi connectivity index (χ3v) is 6.36. The molecule has 1 unspecified atom stereocenters. The van der Waals surface area contributed by atoms with Crippen molar-refractivity contribution in [3.05, 3.63) is 65.0 Å². The lowest BCUT2D eigenvalue weighted by Gasteiger charge is -2.34. The van der Waals surface area contributed by atoms with E-state index in [4.69, 9.17) is 4.74 Å². The largest absolute Gasteiger partial charge is 0.497 e. The Bertz CT molecular complexity index is 834. The molecule has 1 atom stereocenters. The van der Waals surface area contributed by atoms with Gasteiger partial charge in [0.25, 0.3) is 0 Å². The molecule has 24 heavy (non-hydrogen) atoms. The second-order valence-corrected chi connectivity index (χ2v) is 7.91. The summed E-state index contributed by atoms with van der Waals surface area (Å²) in [6, 6.07) is 11.1. The third-order valence-electron chi connectivity index (χ3n) is 4.45. The number of fused-ring (bicyclic) bond motifs is 1. The van der Waals surface area contributed by atoms with Gasteiger partial charge in [-0.1, -0.05) is 18.2 Å². The molecule has 0 radical (unpaired) electrons. The van der Waals surface area contributed by atoms with Crippen molar-refractivity contribution in [1.29, 1.82) is 0 Å². The van der Waals surface area contributed by atoms with Crippen molar-refractivity contribution in [2.75, 3.05) is 13.7 Å². The molecule has 6 heteroatoms. The number of halogens is 1. The fourth-order valence-electron chi connectivity index (χ4n) is 3.17. The fourth-order valence-corrected chi connectivity index (χ4v) is 4.91. The van der Waals surface area contributed by atoms with Crippen LogP contribution in [0.1, 0.15) is 29.7 Å². The van der Waals surface area contributed by atoms with Gasteiger partial charge in [-0.15, -0.1) is 0 Å². The highest BCUT2D eigenvalue weighted by molar-refractivity contribution is 7.88. The van der Waals surface area contributed by atoms with Gasteiger partial charge < -0.3 is 4.74 Å². The topological polar surface area (TPSA) is 46.6 Å². The zero-order valence-electron chi connectivity index (χ0n) is 13.7. The molecule has 0 aliphatic carbocycles. The van der Waals surface area contributed by atoms with Crippen molar-refractivity contribution in [2.45, 2.75) is 25.1 Å². The standard InChI is InChI=1S/C18H20FNO3S/c1-13-18-8-7-17(23-2)11-15(18)9-10-20(13)24(21,22)12-14-3-5-16(19)6-4-14/h3-8,11,13H,9-10,12H2,1-2H3. The highest BCUT2D eigenvalue weighted by Gasteiger charge is 2.32. The van der Waals surface area contributed by atoms with Gasteiger partial charge in [-0.05, 0) is 54.3 Å². The number of hydrogen-bond acceptors (Lipinski definition) is 3. The Balaban J connectivity index is 1.85. The number of sulfonamides is 1. The molecule has 0 amide bonds. The SMILES string of the molecule is COc1ccc2c(c1)CCN(S(=O)(=O)Cc1ccc(F)cc1)C2C. The Labute approximate surface area is 141 Å². The number of hydrogen-bond donors (Lipinski definition) is 0. The van der Waals surface area contributed by atoms with Crippen LogP contribution < -0.4 is 4.74 Å². The predicted octanol–water partition coefficient (Wildman–Crippen LogP) is 3.28. The molecule has 0 bridgehead atoms. The number of rotatable bonds is 4. The first kappa shape index (κ1) is 16.9. The van der Waals surface area contributed by atoms with Gasteiger partial charge in [0.15, 0.2) is 0 Å². The Morgan fingerprint density at radius 3 is 2.58 bits per heavy atom. The van der Waals surface area contributed by atoms with Gasteiger partial charge in [0.1, 0.15) is 11.6 Å². The van der Waals surface area contributed by atoms with Crippen LogP contribution in [-0.2, 0) is 22.2 Å². The lowest BCUT2D eigenvalue weighted by molar-refractivity contribution is 0.325. The normalized spacial score (nSPS) is 18.2. The van der Waals surface area contributed by atoms with E-state index < -0.39 is 10.0 Å². The summed E-state index contributed by atoms with van der Waals surface area (Å²) >= 11 is 0. The number of methoxy groups -OCH3 is 1. The second kappa shape index (κ2) is 6.53. The number of nitrogens with zero attached hydrogens (tertiary/aromatic N) is 1. The van der Waals surface area contributed by atoms with E-state index in [1.54, 1.807) is 7.11 Å². The van der Waals surface area contributed by atoms with Crippen LogP contribution in [0.2, 0.25) is 0 Å². The molecule has 2 aromatic carbocycles. The average molecular weight is 349 g/mol. The average Bonchev–Trinajstić information content (AvgIpc) is 2.56. The third kappa shape index (κ3) is 3.30. The summed E-state index contributed by atoms with van der Waals surface area (Å²) in [6.45, 7) is 2.33. The smallest absolute Gasteiger partial charge is 0.218 e. The Kier molecular flexibility index (Phi) is 4.60. The first-order valence-corrected chi connectivity index (χ1v) is 9.42. The van der Waals surface area contributed by atoms with Crippen molar-refractivity contribution in [3.8, 4) is 5.75 Å². The summed E-state index contributed by atoms with van der Waals surface area (Å²) in [5.41, 5.74) is 2.71. The second-order valence-electron chi connectivity index (χ2n) is 5.98. The van der Waals surface area contributed by atoms with E-state index in [0.717, 1.165) is 16.9 Å². The van der Waals surface area contributed by atoms with Crippen LogP contribution >= 0.6 is 0 Å². The summed E-state index contributed by atoms with van der Waals surface area (Å²) < 4.78 is 45.3. The Morgan fingerprint density at radius 2 is 1.92 bits per heavy atom. The van der Waals surface area contributed by atoms with Gasteiger partial charge in [-0.3, -0.25) is 0 Å². The molecule has 1 aliphatic rings. The summed E-state index contributed by atoms with van der Waals surface area (Å²) in [7, 11) is -1.86. The predicted molar refractivity (Wildman–Crippen MR) is 90.8 cm³/mol. The van der Waals surface area contributed by atoms with Gasteiger partial charge in [-0.2, -0.15) is 4.31 Å². The molecule has 0 aromatic heterocycles. The van der Waals surface area contributed by atoms with E-state index in [1.807, 2.05) is 25.1 Å². The maximum Gasteiger partial charge on any atom is 0.218 e. The summed E-state index contributed by atoms with van der Waals surface area (Å²) in [5.74, 6) is 0.289. The van der Waals surface area contributed by atoms with Gasteiger partial charge in [-0.25, -0.2) is 12.8 Å². The van der Waals surface area contributed by atoms with E-state index in [9.17, 15) is 12.8 Å². The maximum atomic E-state index is 13.0. The van der Waals surface area contributed by atoms with Crippen molar-refractivity contribution in [1.82, 2.24) is 4.31 Å².